The van der Waals surface area contributed by atoms with Crippen LogP contribution in [-0.2, 0) is 17.9 Å². The minimum absolute atomic E-state index is 0.245. The van der Waals surface area contributed by atoms with Gasteiger partial charge in [-0.1, -0.05) is 35.5 Å². The monoisotopic (exact) mass is 339 g/mol. The first-order valence-electron chi connectivity index (χ1n) is 8.00. The average Bonchev–Trinajstić information content (AvgIpc) is 3.26. The summed E-state index contributed by atoms with van der Waals surface area (Å²) in [6.07, 6.45) is 1.57. The summed E-state index contributed by atoms with van der Waals surface area (Å²) in [5.41, 5.74) is 1.36. The third kappa shape index (κ3) is 3.03. The topological polar surface area (TPSA) is 95.1 Å². The van der Waals surface area contributed by atoms with Crippen LogP contribution in [0, 0.1) is 6.92 Å². The molecule has 1 aliphatic rings. The molecule has 3 heterocycles. The van der Waals surface area contributed by atoms with Crippen molar-refractivity contribution in [1.29, 1.82) is 0 Å². The molecule has 4 rings (SSSR count). The predicted octanol–water partition coefficient (Wildman–Crippen LogP) is 1.62. The highest BCUT2D eigenvalue weighted by molar-refractivity contribution is 5.93. The molecule has 1 atom stereocenters. The van der Waals surface area contributed by atoms with Gasteiger partial charge in [0.15, 0.2) is 5.82 Å². The lowest BCUT2D eigenvalue weighted by Crippen LogP contribution is -2.32. The number of nitrogens with zero attached hydrogens (tertiary/aromatic N) is 4. The molecule has 1 unspecified atom stereocenters. The van der Waals surface area contributed by atoms with Crippen LogP contribution in [0.3, 0.4) is 0 Å². The maximum Gasteiger partial charge on any atom is 0.270 e. The Hall–Kier alpha value is -3.00. The molecule has 128 valence electrons. The van der Waals surface area contributed by atoms with Gasteiger partial charge in [-0.05, 0) is 12.5 Å². The first kappa shape index (κ1) is 15.5. The van der Waals surface area contributed by atoms with Crippen LogP contribution in [0.2, 0.25) is 0 Å². The number of carbonyl (C=O) groups excluding carboxylic acids is 1. The highest BCUT2D eigenvalue weighted by Crippen LogP contribution is 2.21. The maximum absolute atomic E-state index is 12.8. The van der Waals surface area contributed by atoms with E-state index in [2.05, 4.69) is 20.4 Å². The van der Waals surface area contributed by atoms with Crippen LogP contribution >= 0.6 is 0 Å². The summed E-state index contributed by atoms with van der Waals surface area (Å²) in [5, 5.41) is 6.81. The van der Waals surface area contributed by atoms with Crippen LogP contribution in [0.15, 0.2) is 41.1 Å². The molecule has 8 nitrogen and oxygen atoms in total. The molecular weight excluding hydrogens is 322 g/mol. The van der Waals surface area contributed by atoms with Gasteiger partial charge in [0.1, 0.15) is 24.2 Å². The van der Waals surface area contributed by atoms with Gasteiger partial charge in [0.25, 0.3) is 11.8 Å². The van der Waals surface area contributed by atoms with E-state index in [0.29, 0.717) is 37.2 Å². The SMILES string of the molecule is Cc1noc(C(NC(=O)c2cnc3n2CCOC3)c2ccccc2)n1. The Bertz CT molecular complexity index is 887. The average molecular weight is 339 g/mol. The minimum atomic E-state index is -0.527. The zero-order valence-corrected chi connectivity index (χ0v) is 13.7. The van der Waals surface area contributed by atoms with Gasteiger partial charge < -0.3 is 19.1 Å². The van der Waals surface area contributed by atoms with Crippen LogP contribution in [0.1, 0.15) is 39.6 Å². The van der Waals surface area contributed by atoms with Crippen LogP contribution < -0.4 is 5.32 Å². The first-order chi connectivity index (χ1) is 12.2. The van der Waals surface area contributed by atoms with Crippen molar-refractivity contribution in [3.05, 3.63) is 65.3 Å². The summed E-state index contributed by atoms with van der Waals surface area (Å²) in [5.74, 6) is 1.37. The number of ether oxygens (including phenoxy) is 1. The van der Waals surface area contributed by atoms with E-state index in [-0.39, 0.29) is 5.91 Å². The number of rotatable bonds is 4. The number of hydrogen-bond donors (Lipinski definition) is 1. The number of hydrogen-bond acceptors (Lipinski definition) is 6. The van der Waals surface area contributed by atoms with E-state index in [0.717, 1.165) is 11.4 Å². The highest BCUT2D eigenvalue weighted by Gasteiger charge is 2.26. The van der Waals surface area contributed by atoms with E-state index in [1.54, 1.807) is 13.1 Å². The van der Waals surface area contributed by atoms with E-state index in [4.69, 9.17) is 9.26 Å². The fourth-order valence-electron chi connectivity index (χ4n) is 2.85. The Labute approximate surface area is 143 Å². The molecule has 0 radical (unpaired) electrons. The number of benzene rings is 1. The highest BCUT2D eigenvalue weighted by atomic mass is 16.5. The van der Waals surface area contributed by atoms with Gasteiger partial charge in [-0.15, -0.1) is 0 Å². The molecule has 0 aliphatic carbocycles. The van der Waals surface area contributed by atoms with Gasteiger partial charge >= 0.3 is 0 Å². The van der Waals surface area contributed by atoms with Gasteiger partial charge in [-0.2, -0.15) is 4.98 Å². The summed E-state index contributed by atoms with van der Waals surface area (Å²) >= 11 is 0. The van der Waals surface area contributed by atoms with Crippen molar-refractivity contribution in [3.8, 4) is 0 Å². The second-order valence-corrected chi connectivity index (χ2v) is 5.76. The smallest absolute Gasteiger partial charge is 0.270 e. The molecule has 0 saturated carbocycles. The van der Waals surface area contributed by atoms with Gasteiger partial charge in [0, 0.05) is 6.54 Å². The Morgan fingerprint density at radius 2 is 2.16 bits per heavy atom. The number of carbonyl (C=O) groups is 1. The molecule has 8 heteroatoms. The third-order valence-corrected chi connectivity index (χ3v) is 4.06. The van der Waals surface area contributed by atoms with Crippen molar-refractivity contribution in [2.24, 2.45) is 0 Å². The van der Waals surface area contributed by atoms with E-state index in [1.165, 1.54) is 0 Å². The molecule has 1 N–H and O–H groups in total. The van der Waals surface area contributed by atoms with Gasteiger partial charge in [0.05, 0.1) is 12.8 Å². The first-order valence-corrected chi connectivity index (χ1v) is 8.00. The quantitative estimate of drug-likeness (QED) is 0.776. The fraction of sp³-hybridized carbons (Fsp3) is 0.294. The number of nitrogens with one attached hydrogen (secondary N) is 1. The molecule has 0 saturated heterocycles. The standard InChI is InChI=1S/C17H17N5O3/c1-11-19-17(25-21-11)15(12-5-3-2-4-6-12)20-16(23)13-9-18-14-10-24-8-7-22(13)14/h2-6,9,15H,7-8,10H2,1H3,(H,20,23). The molecule has 25 heavy (non-hydrogen) atoms. The second-order valence-electron chi connectivity index (χ2n) is 5.76. The van der Waals surface area contributed by atoms with E-state index >= 15 is 0 Å². The Balaban J connectivity index is 1.65. The van der Waals surface area contributed by atoms with Crippen LogP contribution in [-0.4, -0.2) is 32.2 Å². The predicted molar refractivity (Wildman–Crippen MR) is 86.7 cm³/mol. The molecule has 1 aromatic carbocycles. The largest absolute Gasteiger partial charge is 0.372 e. The van der Waals surface area contributed by atoms with Gasteiger partial charge in [-0.25, -0.2) is 4.98 Å². The molecular formula is C17H17N5O3. The Kier molecular flexibility index (Phi) is 4.02. The number of fused-ring (bicyclic) bond motifs is 1. The minimum Gasteiger partial charge on any atom is -0.372 e. The van der Waals surface area contributed by atoms with E-state index < -0.39 is 6.04 Å². The lowest BCUT2D eigenvalue weighted by Gasteiger charge is -2.19. The van der Waals surface area contributed by atoms with Gasteiger partial charge in [0.2, 0.25) is 0 Å². The number of amides is 1. The van der Waals surface area contributed by atoms with Crippen molar-refractivity contribution < 1.29 is 14.1 Å². The second kappa shape index (κ2) is 6.48. The zero-order valence-electron chi connectivity index (χ0n) is 13.7. The maximum atomic E-state index is 12.8. The van der Waals surface area contributed by atoms with Crippen molar-refractivity contribution >= 4 is 5.91 Å². The lowest BCUT2D eigenvalue weighted by atomic mass is 10.1. The summed E-state index contributed by atoms with van der Waals surface area (Å²) in [4.78, 5) is 21.4. The van der Waals surface area contributed by atoms with Crippen LogP contribution in [0.5, 0.6) is 0 Å². The molecule has 3 aromatic rings. The fourth-order valence-corrected chi connectivity index (χ4v) is 2.85. The van der Waals surface area contributed by atoms with Crippen LogP contribution in [0.25, 0.3) is 0 Å². The van der Waals surface area contributed by atoms with Crippen molar-refractivity contribution in [3.63, 3.8) is 0 Å². The molecule has 0 spiro atoms. The summed E-state index contributed by atoms with van der Waals surface area (Å²) in [6, 6.07) is 9.00. The van der Waals surface area contributed by atoms with Crippen molar-refractivity contribution in [2.75, 3.05) is 6.61 Å². The number of imidazole rings is 1. The number of aryl methyl sites for hydroxylation is 1. The van der Waals surface area contributed by atoms with Crippen LogP contribution in [0.4, 0.5) is 0 Å². The summed E-state index contributed by atoms with van der Waals surface area (Å²) in [6.45, 7) is 3.32. The Morgan fingerprint density at radius 3 is 2.92 bits per heavy atom. The molecule has 0 fully saturated rings. The normalized spacial score (nSPS) is 14.8. The van der Waals surface area contributed by atoms with E-state index in [9.17, 15) is 4.79 Å². The van der Waals surface area contributed by atoms with Crippen molar-refractivity contribution in [2.45, 2.75) is 26.1 Å². The number of aromatic nitrogens is 4. The molecule has 2 aromatic heterocycles. The molecule has 1 amide bonds. The molecule has 1 aliphatic heterocycles. The lowest BCUT2D eigenvalue weighted by molar-refractivity contribution is 0.0775. The van der Waals surface area contributed by atoms with Gasteiger partial charge in [-0.3, -0.25) is 4.79 Å². The summed E-state index contributed by atoms with van der Waals surface area (Å²) < 4.78 is 12.5. The summed E-state index contributed by atoms with van der Waals surface area (Å²) in [7, 11) is 0. The molecule has 0 bridgehead atoms. The Morgan fingerprint density at radius 1 is 1.32 bits per heavy atom. The zero-order chi connectivity index (χ0) is 17.2. The third-order valence-electron chi connectivity index (χ3n) is 4.06. The van der Waals surface area contributed by atoms with E-state index in [1.807, 2.05) is 34.9 Å². The van der Waals surface area contributed by atoms with Crippen molar-refractivity contribution in [1.82, 2.24) is 25.0 Å².